The molecule has 0 radical (unpaired) electrons. The van der Waals surface area contributed by atoms with E-state index in [1.807, 2.05) is 0 Å². The Kier molecular flexibility index (Phi) is 3.03. The first kappa shape index (κ1) is 11.9. The second-order valence-electron chi connectivity index (χ2n) is 3.21. The number of rotatable bonds is 3. The molecule has 2 rings (SSSR count). The molecule has 0 amide bonds. The highest BCUT2D eigenvalue weighted by molar-refractivity contribution is 7.92. The number of aromatic nitrogens is 2. The van der Waals surface area contributed by atoms with Gasteiger partial charge < -0.3 is 4.42 Å². The Labute approximate surface area is 103 Å². The van der Waals surface area contributed by atoms with Gasteiger partial charge in [0, 0.05) is 6.20 Å². The van der Waals surface area contributed by atoms with E-state index in [0.717, 1.165) is 0 Å². The molecule has 0 fully saturated rings. The Morgan fingerprint density at radius 1 is 1.47 bits per heavy atom. The quantitative estimate of drug-likeness (QED) is 0.863. The number of hydrogen-bond donors (Lipinski definition) is 1. The van der Waals surface area contributed by atoms with Crippen LogP contribution in [0.2, 0.25) is 5.15 Å². The predicted molar refractivity (Wildman–Crippen MR) is 61.3 cm³/mol. The monoisotopic (exact) mass is 273 g/mol. The van der Waals surface area contributed by atoms with E-state index in [0.29, 0.717) is 5.69 Å². The third-order valence-corrected chi connectivity index (χ3v) is 3.37. The van der Waals surface area contributed by atoms with Crippen molar-refractivity contribution in [2.45, 2.75) is 11.8 Å². The van der Waals surface area contributed by atoms with Crippen molar-refractivity contribution in [3.8, 4) is 0 Å². The SMILES string of the molecule is Cc1coc(NS(=O)(=O)c2ccnc(Cl)c2)n1. The summed E-state index contributed by atoms with van der Waals surface area (Å²) < 4.78 is 30.8. The van der Waals surface area contributed by atoms with E-state index in [1.54, 1.807) is 6.92 Å². The van der Waals surface area contributed by atoms with Crippen LogP contribution in [0.1, 0.15) is 5.69 Å². The zero-order valence-corrected chi connectivity index (χ0v) is 10.3. The molecule has 0 spiro atoms. The Morgan fingerprint density at radius 3 is 2.82 bits per heavy atom. The second-order valence-corrected chi connectivity index (χ2v) is 5.28. The van der Waals surface area contributed by atoms with Gasteiger partial charge in [-0.3, -0.25) is 0 Å². The summed E-state index contributed by atoms with van der Waals surface area (Å²) in [7, 11) is -3.75. The third kappa shape index (κ3) is 2.75. The van der Waals surface area contributed by atoms with Crippen LogP contribution in [0.3, 0.4) is 0 Å². The minimum atomic E-state index is -3.75. The van der Waals surface area contributed by atoms with Gasteiger partial charge in [-0.25, -0.2) is 18.1 Å². The average Bonchev–Trinajstić information content (AvgIpc) is 2.63. The maximum atomic E-state index is 11.9. The Balaban J connectivity index is 2.31. The van der Waals surface area contributed by atoms with Crippen LogP contribution in [0.4, 0.5) is 6.01 Å². The van der Waals surface area contributed by atoms with Gasteiger partial charge in [-0.2, -0.15) is 4.98 Å². The van der Waals surface area contributed by atoms with E-state index in [9.17, 15) is 8.42 Å². The highest BCUT2D eigenvalue weighted by atomic mass is 35.5. The van der Waals surface area contributed by atoms with E-state index in [4.69, 9.17) is 16.0 Å². The predicted octanol–water partition coefficient (Wildman–Crippen LogP) is 1.83. The van der Waals surface area contributed by atoms with Gasteiger partial charge in [-0.05, 0) is 19.1 Å². The number of oxazole rings is 1. The molecular formula is C9H8ClN3O3S. The van der Waals surface area contributed by atoms with Gasteiger partial charge in [0.05, 0.1) is 10.6 Å². The summed E-state index contributed by atoms with van der Waals surface area (Å²) in [6, 6.07) is 2.47. The lowest BCUT2D eigenvalue weighted by Crippen LogP contribution is -2.13. The van der Waals surface area contributed by atoms with E-state index >= 15 is 0 Å². The van der Waals surface area contributed by atoms with Crippen LogP contribution >= 0.6 is 11.6 Å². The molecule has 1 N–H and O–H groups in total. The van der Waals surface area contributed by atoms with Crippen molar-refractivity contribution in [2.75, 3.05) is 4.72 Å². The smallest absolute Gasteiger partial charge is 0.309 e. The lowest BCUT2D eigenvalue weighted by atomic mass is 10.5. The van der Waals surface area contributed by atoms with Crippen molar-refractivity contribution in [1.82, 2.24) is 9.97 Å². The van der Waals surface area contributed by atoms with Gasteiger partial charge in [0.15, 0.2) is 0 Å². The first-order valence-electron chi connectivity index (χ1n) is 4.54. The normalized spacial score (nSPS) is 11.4. The third-order valence-electron chi connectivity index (χ3n) is 1.85. The first-order valence-corrected chi connectivity index (χ1v) is 6.40. The molecule has 17 heavy (non-hydrogen) atoms. The minimum absolute atomic E-state index is 0.00615. The molecule has 0 aliphatic carbocycles. The van der Waals surface area contributed by atoms with Crippen molar-refractivity contribution in [3.05, 3.63) is 35.4 Å². The summed E-state index contributed by atoms with van der Waals surface area (Å²) in [4.78, 5) is 7.53. The Hall–Kier alpha value is -1.60. The van der Waals surface area contributed by atoms with Crippen molar-refractivity contribution >= 4 is 27.6 Å². The zero-order valence-electron chi connectivity index (χ0n) is 8.71. The number of anilines is 1. The zero-order chi connectivity index (χ0) is 12.5. The highest BCUT2D eigenvalue weighted by Gasteiger charge is 2.17. The van der Waals surface area contributed by atoms with Gasteiger partial charge in [0.25, 0.3) is 10.0 Å². The summed E-state index contributed by atoms with van der Waals surface area (Å²) in [6.45, 7) is 1.69. The van der Waals surface area contributed by atoms with Gasteiger partial charge in [-0.15, -0.1) is 0 Å². The molecule has 6 nitrogen and oxygen atoms in total. The molecule has 0 saturated heterocycles. The Morgan fingerprint density at radius 2 is 2.24 bits per heavy atom. The topological polar surface area (TPSA) is 85.1 Å². The van der Waals surface area contributed by atoms with Crippen molar-refractivity contribution in [2.24, 2.45) is 0 Å². The Bertz CT molecular complexity index is 638. The van der Waals surface area contributed by atoms with Crippen LogP contribution in [0.15, 0.2) is 33.9 Å². The average molecular weight is 274 g/mol. The summed E-state index contributed by atoms with van der Waals surface area (Å²) in [5.74, 6) is 0. The van der Waals surface area contributed by atoms with Crippen LogP contribution in [-0.4, -0.2) is 18.4 Å². The van der Waals surface area contributed by atoms with E-state index in [1.165, 1.54) is 24.6 Å². The van der Waals surface area contributed by atoms with Crippen molar-refractivity contribution in [1.29, 1.82) is 0 Å². The maximum absolute atomic E-state index is 11.9. The lowest BCUT2D eigenvalue weighted by molar-refractivity contribution is 0.569. The van der Waals surface area contributed by atoms with Crippen molar-refractivity contribution in [3.63, 3.8) is 0 Å². The highest BCUT2D eigenvalue weighted by Crippen LogP contribution is 2.17. The molecule has 2 heterocycles. The van der Waals surface area contributed by atoms with Gasteiger partial charge in [-0.1, -0.05) is 11.6 Å². The van der Waals surface area contributed by atoms with E-state index in [2.05, 4.69) is 14.7 Å². The van der Waals surface area contributed by atoms with Crippen LogP contribution in [-0.2, 0) is 10.0 Å². The number of pyridine rings is 1. The number of aryl methyl sites for hydroxylation is 1. The van der Waals surface area contributed by atoms with E-state index < -0.39 is 10.0 Å². The molecule has 0 aromatic carbocycles. The molecule has 90 valence electrons. The molecule has 2 aromatic rings. The van der Waals surface area contributed by atoms with Crippen molar-refractivity contribution < 1.29 is 12.8 Å². The van der Waals surface area contributed by atoms with Crippen LogP contribution in [0.5, 0.6) is 0 Å². The van der Waals surface area contributed by atoms with Gasteiger partial charge >= 0.3 is 6.01 Å². The first-order chi connectivity index (χ1) is 7.97. The number of nitrogens with one attached hydrogen (secondary N) is 1. The number of hydrogen-bond acceptors (Lipinski definition) is 5. The number of halogens is 1. The summed E-state index contributed by atoms with van der Waals surface area (Å²) in [6.07, 6.45) is 2.65. The maximum Gasteiger partial charge on any atom is 0.309 e. The molecule has 8 heteroatoms. The fourth-order valence-corrected chi connectivity index (χ4v) is 2.31. The van der Waals surface area contributed by atoms with Crippen LogP contribution in [0.25, 0.3) is 0 Å². The molecule has 0 saturated carbocycles. The fourth-order valence-electron chi connectivity index (χ4n) is 1.13. The minimum Gasteiger partial charge on any atom is -0.431 e. The molecule has 0 unspecified atom stereocenters. The summed E-state index contributed by atoms with van der Waals surface area (Å²) >= 11 is 5.62. The number of nitrogens with zero attached hydrogens (tertiary/aromatic N) is 2. The van der Waals surface area contributed by atoms with Crippen LogP contribution in [0, 0.1) is 6.92 Å². The molecule has 0 aliphatic heterocycles. The molecule has 0 bridgehead atoms. The standard InChI is InChI=1S/C9H8ClN3O3S/c1-6-5-16-9(12-6)13-17(14,15)7-2-3-11-8(10)4-7/h2-5H,1H3,(H,12,13). The van der Waals surface area contributed by atoms with Gasteiger partial charge in [0.1, 0.15) is 11.4 Å². The fraction of sp³-hybridized carbons (Fsp3) is 0.111. The largest absolute Gasteiger partial charge is 0.431 e. The van der Waals surface area contributed by atoms with E-state index in [-0.39, 0.29) is 16.1 Å². The summed E-state index contributed by atoms with van der Waals surface area (Å²) in [5.41, 5.74) is 0.579. The molecule has 0 atom stereocenters. The lowest BCUT2D eigenvalue weighted by Gasteiger charge is -2.03. The van der Waals surface area contributed by atoms with Gasteiger partial charge in [0.2, 0.25) is 0 Å². The molecule has 2 aromatic heterocycles. The molecular weight excluding hydrogens is 266 g/mol. The summed E-state index contributed by atoms with van der Waals surface area (Å²) in [5, 5.41) is 0.0939. The second kappa shape index (κ2) is 4.34. The van der Waals surface area contributed by atoms with Crippen LogP contribution < -0.4 is 4.72 Å². The number of sulfonamides is 1. The molecule has 0 aliphatic rings.